The topological polar surface area (TPSA) is 93.2 Å². The minimum absolute atomic E-state index is 0.0142. The van der Waals surface area contributed by atoms with Crippen molar-refractivity contribution in [2.75, 3.05) is 7.05 Å². The molecule has 1 aliphatic rings. The van der Waals surface area contributed by atoms with Gasteiger partial charge in [0, 0.05) is 19.9 Å². The molecule has 8 nitrogen and oxygen atoms in total. The van der Waals surface area contributed by atoms with Crippen LogP contribution in [-0.2, 0) is 24.0 Å². The van der Waals surface area contributed by atoms with E-state index in [0.717, 1.165) is 4.90 Å². The fourth-order valence-electron chi connectivity index (χ4n) is 2.13. The zero-order valence-electron chi connectivity index (χ0n) is 14.4. The van der Waals surface area contributed by atoms with Crippen molar-refractivity contribution in [3.63, 3.8) is 0 Å². The van der Waals surface area contributed by atoms with Crippen molar-refractivity contribution in [1.29, 1.82) is 0 Å². The molecule has 1 unspecified atom stereocenters. The SMILES string of the molecule is CC(C)C(C(=O)ON1C(=O)CCC1=O)N(C)C(=O)OC(C)(C)C. The summed E-state index contributed by atoms with van der Waals surface area (Å²) in [5.74, 6) is -2.28. The molecule has 1 atom stereocenters. The maximum Gasteiger partial charge on any atom is 0.410 e. The summed E-state index contributed by atoms with van der Waals surface area (Å²) in [5.41, 5.74) is -0.711. The number of rotatable bonds is 4. The van der Waals surface area contributed by atoms with Crippen LogP contribution in [0.25, 0.3) is 0 Å². The van der Waals surface area contributed by atoms with E-state index in [4.69, 9.17) is 9.57 Å². The van der Waals surface area contributed by atoms with Gasteiger partial charge in [0.15, 0.2) is 0 Å². The molecule has 1 heterocycles. The number of likely N-dealkylation sites (N-methyl/N-ethyl adjacent to an activating group) is 1. The van der Waals surface area contributed by atoms with Crippen LogP contribution in [0, 0.1) is 5.92 Å². The third-order valence-corrected chi connectivity index (χ3v) is 3.16. The number of nitrogens with zero attached hydrogens (tertiary/aromatic N) is 2. The Morgan fingerprint density at radius 2 is 1.61 bits per heavy atom. The Labute approximate surface area is 135 Å². The predicted molar refractivity (Wildman–Crippen MR) is 79.8 cm³/mol. The molecule has 1 rings (SSSR count). The molecule has 0 saturated carbocycles. The first-order valence-corrected chi connectivity index (χ1v) is 7.47. The molecule has 8 heteroatoms. The lowest BCUT2D eigenvalue weighted by atomic mass is 10.0. The molecule has 1 fully saturated rings. The summed E-state index contributed by atoms with van der Waals surface area (Å²) in [6, 6.07) is -0.981. The highest BCUT2D eigenvalue weighted by atomic mass is 16.7. The van der Waals surface area contributed by atoms with E-state index >= 15 is 0 Å². The second-order valence-electron chi connectivity index (χ2n) is 6.77. The normalized spacial score (nSPS) is 16.6. The monoisotopic (exact) mass is 328 g/mol. The average Bonchev–Trinajstić information content (AvgIpc) is 2.68. The third-order valence-electron chi connectivity index (χ3n) is 3.16. The Kier molecular flexibility index (Phi) is 5.74. The lowest BCUT2D eigenvalue weighted by molar-refractivity contribution is -0.201. The van der Waals surface area contributed by atoms with Crippen molar-refractivity contribution in [2.45, 2.75) is 59.1 Å². The lowest BCUT2D eigenvalue weighted by Crippen LogP contribution is -2.50. The fraction of sp³-hybridized carbons (Fsp3) is 0.733. The Morgan fingerprint density at radius 1 is 1.13 bits per heavy atom. The molecule has 1 saturated heterocycles. The number of hydroxylamine groups is 2. The number of imide groups is 1. The summed E-state index contributed by atoms with van der Waals surface area (Å²) in [7, 11) is 1.41. The van der Waals surface area contributed by atoms with Crippen LogP contribution < -0.4 is 0 Å². The predicted octanol–water partition coefficient (Wildman–Crippen LogP) is 1.49. The van der Waals surface area contributed by atoms with Crippen LogP contribution in [0.4, 0.5) is 4.79 Å². The summed E-state index contributed by atoms with van der Waals surface area (Å²) in [6.45, 7) is 8.58. The van der Waals surface area contributed by atoms with E-state index in [9.17, 15) is 19.2 Å². The molecular weight excluding hydrogens is 304 g/mol. The summed E-state index contributed by atoms with van der Waals surface area (Å²) >= 11 is 0. The van der Waals surface area contributed by atoms with Crippen LogP contribution >= 0.6 is 0 Å². The minimum Gasteiger partial charge on any atom is -0.444 e. The van der Waals surface area contributed by atoms with E-state index in [1.165, 1.54) is 7.05 Å². The molecule has 3 amide bonds. The van der Waals surface area contributed by atoms with Gasteiger partial charge in [-0.3, -0.25) is 14.5 Å². The second kappa shape index (κ2) is 6.97. The highest BCUT2D eigenvalue weighted by molar-refractivity contribution is 6.01. The number of carbonyl (C=O) groups is 4. The van der Waals surface area contributed by atoms with E-state index in [-0.39, 0.29) is 18.8 Å². The molecule has 130 valence electrons. The minimum atomic E-state index is -0.981. The Morgan fingerprint density at radius 3 is 2.00 bits per heavy atom. The van der Waals surface area contributed by atoms with Gasteiger partial charge in [-0.2, -0.15) is 0 Å². The number of hydrogen-bond donors (Lipinski definition) is 0. The van der Waals surface area contributed by atoms with Gasteiger partial charge < -0.3 is 9.57 Å². The smallest absolute Gasteiger partial charge is 0.410 e. The first-order chi connectivity index (χ1) is 10.4. The molecule has 0 bridgehead atoms. The molecule has 0 aliphatic carbocycles. The summed E-state index contributed by atoms with van der Waals surface area (Å²) < 4.78 is 5.22. The molecule has 0 spiro atoms. The van der Waals surface area contributed by atoms with E-state index in [1.54, 1.807) is 34.6 Å². The van der Waals surface area contributed by atoms with Crippen molar-refractivity contribution in [3.8, 4) is 0 Å². The maximum atomic E-state index is 12.3. The molecule has 0 N–H and O–H groups in total. The van der Waals surface area contributed by atoms with Gasteiger partial charge in [-0.05, 0) is 26.7 Å². The van der Waals surface area contributed by atoms with Crippen LogP contribution in [-0.4, -0.2) is 52.5 Å². The van der Waals surface area contributed by atoms with Crippen molar-refractivity contribution in [1.82, 2.24) is 9.96 Å². The number of ether oxygens (including phenoxy) is 1. The summed E-state index contributed by atoms with van der Waals surface area (Å²) in [4.78, 5) is 53.5. The Hall–Kier alpha value is -2.12. The van der Waals surface area contributed by atoms with Crippen molar-refractivity contribution >= 4 is 23.9 Å². The number of amides is 3. The average molecular weight is 328 g/mol. The van der Waals surface area contributed by atoms with Crippen molar-refractivity contribution in [2.24, 2.45) is 5.92 Å². The van der Waals surface area contributed by atoms with Crippen LogP contribution in [0.15, 0.2) is 0 Å². The zero-order chi connectivity index (χ0) is 17.9. The number of hydrogen-bond acceptors (Lipinski definition) is 6. The zero-order valence-corrected chi connectivity index (χ0v) is 14.4. The standard InChI is InChI=1S/C15H24N2O6/c1-9(2)12(16(6)14(21)22-15(3,4)5)13(20)23-17-10(18)7-8-11(17)19/h9,12H,7-8H2,1-6H3. The molecule has 1 aliphatic heterocycles. The van der Waals surface area contributed by atoms with Crippen LogP contribution in [0.5, 0.6) is 0 Å². The van der Waals surface area contributed by atoms with Gasteiger partial charge >= 0.3 is 12.1 Å². The van der Waals surface area contributed by atoms with E-state index in [1.807, 2.05) is 0 Å². The van der Waals surface area contributed by atoms with Gasteiger partial charge in [0.25, 0.3) is 11.8 Å². The highest BCUT2D eigenvalue weighted by Crippen LogP contribution is 2.19. The molecule has 0 aromatic rings. The highest BCUT2D eigenvalue weighted by Gasteiger charge is 2.39. The van der Waals surface area contributed by atoms with Gasteiger partial charge in [-0.25, -0.2) is 9.59 Å². The quantitative estimate of drug-likeness (QED) is 0.726. The van der Waals surface area contributed by atoms with Crippen LogP contribution in [0.3, 0.4) is 0 Å². The van der Waals surface area contributed by atoms with Crippen molar-refractivity contribution < 1.29 is 28.8 Å². The fourth-order valence-corrected chi connectivity index (χ4v) is 2.13. The van der Waals surface area contributed by atoms with Gasteiger partial charge in [-0.15, -0.1) is 5.06 Å². The second-order valence-corrected chi connectivity index (χ2v) is 6.77. The maximum absolute atomic E-state index is 12.3. The Balaban J connectivity index is 2.84. The first-order valence-electron chi connectivity index (χ1n) is 7.47. The van der Waals surface area contributed by atoms with Gasteiger partial charge in [0.05, 0.1) is 0 Å². The summed E-state index contributed by atoms with van der Waals surface area (Å²) in [5, 5.41) is 0.473. The third kappa shape index (κ3) is 4.94. The van der Waals surface area contributed by atoms with Gasteiger partial charge in [-0.1, -0.05) is 13.8 Å². The number of carbonyl (C=O) groups excluding carboxylic acids is 4. The van der Waals surface area contributed by atoms with Crippen molar-refractivity contribution in [3.05, 3.63) is 0 Å². The van der Waals surface area contributed by atoms with E-state index < -0.39 is 35.5 Å². The Bertz CT molecular complexity index is 493. The van der Waals surface area contributed by atoms with E-state index in [0.29, 0.717) is 5.06 Å². The lowest BCUT2D eigenvalue weighted by Gasteiger charge is -2.31. The molecule has 23 heavy (non-hydrogen) atoms. The first kappa shape index (κ1) is 18.9. The molecule has 0 aromatic carbocycles. The van der Waals surface area contributed by atoms with Crippen LogP contribution in [0.1, 0.15) is 47.5 Å². The molecule has 0 aromatic heterocycles. The largest absolute Gasteiger partial charge is 0.444 e. The van der Waals surface area contributed by atoms with Gasteiger partial charge in [0.1, 0.15) is 11.6 Å². The van der Waals surface area contributed by atoms with E-state index in [2.05, 4.69) is 0 Å². The van der Waals surface area contributed by atoms with Gasteiger partial charge in [0.2, 0.25) is 0 Å². The molecular formula is C15H24N2O6. The summed E-state index contributed by atoms with van der Waals surface area (Å²) in [6.07, 6.45) is -0.659. The molecule has 0 radical (unpaired) electrons. The van der Waals surface area contributed by atoms with Crippen LogP contribution in [0.2, 0.25) is 0 Å².